The maximum absolute atomic E-state index is 13.4. The molecule has 0 aliphatic carbocycles. The van der Waals surface area contributed by atoms with Gasteiger partial charge in [0.1, 0.15) is 0 Å². The number of carbonyl (C=O) groups excluding carboxylic acids is 1. The second kappa shape index (κ2) is 9.80. The van der Waals surface area contributed by atoms with Crippen LogP contribution in [-0.2, 0) is 9.53 Å². The number of hydrogen-bond donors (Lipinski definition) is 0. The fraction of sp³-hybridized carbons (Fsp3) is 0.160. The van der Waals surface area contributed by atoms with Crippen LogP contribution in [0.25, 0.3) is 12.2 Å². The molecule has 1 atom stereocenters. The standard InChI is InChI=1S/C25H21N3O5S/c1-3-33-24(30)21-16(2)26-25-27(22(21)18-12-8-13-19(15-18)28(31)32)23(29)20(34-25)14-7-11-17-9-5-4-6-10-17/h4-15,22H,3H2,1-2H3/b11-7-,20-14?. The largest absolute Gasteiger partial charge is 0.463 e. The first kappa shape index (κ1) is 23.1. The van der Waals surface area contributed by atoms with E-state index in [9.17, 15) is 19.7 Å². The van der Waals surface area contributed by atoms with E-state index in [1.54, 1.807) is 32.1 Å². The van der Waals surface area contributed by atoms with Crippen LogP contribution >= 0.6 is 11.3 Å². The number of thiazole rings is 1. The molecule has 4 rings (SSSR count). The zero-order valence-electron chi connectivity index (χ0n) is 18.5. The van der Waals surface area contributed by atoms with Crippen molar-refractivity contribution in [1.82, 2.24) is 4.57 Å². The van der Waals surface area contributed by atoms with Gasteiger partial charge in [-0.05, 0) is 31.1 Å². The predicted octanol–water partition coefficient (Wildman–Crippen LogP) is 3.37. The van der Waals surface area contributed by atoms with E-state index in [1.807, 2.05) is 36.4 Å². The van der Waals surface area contributed by atoms with Crippen molar-refractivity contribution in [2.75, 3.05) is 6.61 Å². The minimum Gasteiger partial charge on any atom is -0.463 e. The van der Waals surface area contributed by atoms with Gasteiger partial charge in [-0.2, -0.15) is 0 Å². The van der Waals surface area contributed by atoms with Gasteiger partial charge in [0.2, 0.25) is 0 Å². The highest BCUT2D eigenvalue weighted by Crippen LogP contribution is 2.32. The molecular formula is C25H21N3O5S. The summed E-state index contributed by atoms with van der Waals surface area (Å²) < 4.78 is 7.07. The normalized spacial score (nSPS) is 15.8. The van der Waals surface area contributed by atoms with Gasteiger partial charge in [0, 0.05) is 12.1 Å². The van der Waals surface area contributed by atoms with E-state index in [4.69, 9.17) is 4.74 Å². The molecule has 0 N–H and O–H groups in total. The number of rotatable bonds is 6. The molecule has 1 aliphatic rings. The highest BCUT2D eigenvalue weighted by atomic mass is 32.1. The Morgan fingerprint density at radius 3 is 2.71 bits per heavy atom. The summed E-state index contributed by atoms with van der Waals surface area (Å²) in [5.41, 5.74) is 1.53. The maximum atomic E-state index is 13.4. The minimum atomic E-state index is -0.893. The van der Waals surface area contributed by atoms with Crippen LogP contribution in [0.4, 0.5) is 5.69 Å². The van der Waals surface area contributed by atoms with Crippen molar-refractivity contribution in [1.29, 1.82) is 0 Å². The zero-order valence-corrected chi connectivity index (χ0v) is 19.3. The SMILES string of the molecule is CCOC(=O)C1=C(C)N=c2sc(=C/C=C\c3ccccc3)c(=O)n2C1c1cccc([N+](=O)[O-])c1. The fourth-order valence-corrected chi connectivity index (χ4v) is 4.74. The fourth-order valence-electron chi connectivity index (χ4n) is 3.74. The Morgan fingerprint density at radius 1 is 1.24 bits per heavy atom. The van der Waals surface area contributed by atoms with Crippen LogP contribution in [-0.4, -0.2) is 22.1 Å². The number of ether oxygens (including phenoxy) is 1. The zero-order chi connectivity index (χ0) is 24.2. The molecule has 8 nitrogen and oxygen atoms in total. The molecule has 0 bridgehead atoms. The van der Waals surface area contributed by atoms with E-state index in [2.05, 4.69) is 4.99 Å². The number of nitrogens with zero attached hydrogens (tertiary/aromatic N) is 3. The number of hydrogen-bond acceptors (Lipinski definition) is 7. The summed E-state index contributed by atoms with van der Waals surface area (Å²) in [7, 11) is 0. The van der Waals surface area contributed by atoms with Crippen LogP contribution in [0.3, 0.4) is 0 Å². The van der Waals surface area contributed by atoms with Crippen molar-refractivity contribution >= 4 is 35.1 Å². The Kier molecular flexibility index (Phi) is 6.65. The first-order chi connectivity index (χ1) is 16.4. The number of fused-ring (bicyclic) bond motifs is 1. The van der Waals surface area contributed by atoms with Crippen molar-refractivity contribution in [2.24, 2.45) is 4.99 Å². The lowest BCUT2D eigenvalue weighted by Crippen LogP contribution is -2.39. The number of aromatic nitrogens is 1. The molecule has 1 aliphatic heterocycles. The van der Waals surface area contributed by atoms with Crippen LogP contribution in [0.1, 0.15) is 31.0 Å². The summed E-state index contributed by atoms with van der Waals surface area (Å²) >= 11 is 1.19. The molecular weight excluding hydrogens is 454 g/mol. The average Bonchev–Trinajstić information content (AvgIpc) is 3.13. The molecule has 2 heterocycles. The number of esters is 1. The molecule has 0 radical (unpaired) electrons. The van der Waals surface area contributed by atoms with Gasteiger partial charge in [0.05, 0.1) is 33.4 Å². The second-order valence-electron chi connectivity index (χ2n) is 7.45. The van der Waals surface area contributed by atoms with Gasteiger partial charge in [-0.15, -0.1) is 0 Å². The molecule has 2 aromatic carbocycles. The first-order valence-electron chi connectivity index (χ1n) is 10.6. The lowest BCUT2D eigenvalue weighted by atomic mass is 9.95. The van der Waals surface area contributed by atoms with Gasteiger partial charge in [0.25, 0.3) is 11.2 Å². The molecule has 1 aromatic heterocycles. The van der Waals surface area contributed by atoms with Gasteiger partial charge < -0.3 is 4.74 Å². The van der Waals surface area contributed by atoms with E-state index in [0.717, 1.165) is 5.56 Å². The molecule has 0 fully saturated rings. The Balaban J connectivity index is 1.89. The molecule has 3 aromatic rings. The highest BCUT2D eigenvalue weighted by Gasteiger charge is 2.33. The van der Waals surface area contributed by atoms with Gasteiger partial charge >= 0.3 is 5.97 Å². The highest BCUT2D eigenvalue weighted by molar-refractivity contribution is 7.07. The predicted molar refractivity (Wildman–Crippen MR) is 130 cm³/mol. The van der Waals surface area contributed by atoms with Crippen molar-refractivity contribution in [3.63, 3.8) is 0 Å². The number of nitro groups is 1. The molecule has 0 amide bonds. The van der Waals surface area contributed by atoms with E-state index < -0.39 is 16.9 Å². The second-order valence-corrected chi connectivity index (χ2v) is 8.46. The van der Waals surface area contributed by atoms with E-state index >= 15 is 0 Å². The maximum Gasteiger partial charge on any atom is 0.338 e. The van der Waals surface area contributed by atoms with E-state index in [1.165, 1.54) is 34.1 Å². The Bertz CT molecular complexity index is 1500. The van der Waals surface area contributed by atoms with Crippen LogP contribution in [0, 0.1) is 10.1 Å². The van der Waals surface area contributed by atoms with Crippen LogP contribution < -0.4 is 14.9 Å². The third-order valence-electron chi connectivity index (χ3n) is 5.25. The van der Waals surface area contributed by atoms with Gasteiger partial charge in [-0.3, -0.25) is 19.5 Å². The summed E-state index contributed by atoms with van der Waals surface area (Å²) in [6, 6.07) is 14.7. The first-order valence-corrected chi connectivity index (χ1v) is 11.4. The van der Waals surface area contributed by atoms with Crippen molar-refractivity contribution in [2.45, 2.75) is 19.9 Å². The Hall–Kier alpha value is -4.11. The van der Waals surface area contributed by atoms with Crippen molar-refractivity contribution < 1.29 is 14.5 Å². The van der Waals surface area contributed by atoms with Crippen molar-refractivity contribution in [3.8, 4) is 0 Å². The minimum absolute atomic E-state index is 0.136. The third-order valence-corrected chi connectivity index (χ3v) is 6.25. The van der Waals surface area contributed by atoms with Gasteiger partial charge in [0.15, 0.2) is 4.80 Å². The lowest BCUT2D eigenvalue weighted by Gasteiger charge is -2.24. The molecule has 34 heavy (non-hydrogen) atoms. The van der Waals surface area contributed by atoms with Crippen molar-refractivity contribution in [3.05, 3.63) is 113 Å². The summed E-state index contributed by atoms with van der Waals surface area (Å²) in [5, 5.41) is 11.4. The summed E-state index contributed by atoms with van der Waals surface area (Å²) in [6.45, 7) is 3.50. The molecule has 0 saturated heterocycles. The number of carbonyl (C=O) groups is 1. The van der Waals surface area contributed by atoms with Gasteiger partial charge in [-0.25, -0.2) is 9.79 Å². The van der Waals surface area contributed by atoms with Gasteiger partial charge in [-0.1, -0.05) is 66.0 Å². The Morgan fingerprint density at radius 2 is 2.00 bits per heavy atom. The summed E-state index contributed by atoms with van der Waals surface area (Å²) in [4.78, 5) is 42.1. The van der Waals surface area contributed by atoms with E-state index in [0.29, 0.717) is 20.6 Å². The molecule has 0 saturated carbocycles. The molecule has 172 valence electrons. The Labute approximate surface area is 198 Å². The number of nitro benzene ring substituents is 1. The number of benzene rings is 2. The number of non-ortho nitro benzene ring substituents is 1. The topological polar surface area (TPSA) is 104 Å². The van der Waals surface area contributed by atoms with Crippen LogP contribution in [0.15, 0.2) is 81.7 Å². The lowest BCUT2D eigenvalue weighted by molar-refractivity contribution is -0.384. The van der Waals surface area contributed by atoms with Crippen LogP contribution in [0.2, 0.25) is 0 Å². The quantitative estimate of drug-likeness (QED) is 0.309. The molecule has 0 spiro atoms. The smallest absolute Gasteiger partial charge is 0.338 e. The monoisotopic (exact) mass is 475 g/mol. The van der Waals surface area contributed by atoms with Crippen LogP contribution in [0.5, 0.6) is 0 Å². The number of allylic oxidation sites excluding steroid dienone is 2. The molecule has 9 heteroatoms. The summed E-state index contributed by atoms with van der Waals surface area (Å²) in [6.07, 6.45) is 5.36. The average molecular weight is 476 g/mol. The third kappa shape index (κ3) is 4.51. The summed E-state index contributed by atoms with van der Waals surface area (Å²) in [5.74, 6) is -0.612. The molecule has 1 unspecified atom stereocenters. The van der Waals surface area contributed by atoms with E-state index in [-0.39, 0.29) is 23.4 Å².